The highest BCUT2D eigenvalue weighted by Crippen LogP contribution is 2.53. The van der Waals surface area contributed by atoms with Crippen LogP contribution in [0.5, 0.6) is 0 Å². The summed E-state index contributed by atoms with van der Waals surface area (Å²) in [6.07, 6.45) is -3.25. The molecule has 0 amide bonds. The lowest BCUT2D eigenvalue weighted by Crippen LogP contribution is -2.14. The first-order chi connectivity index (χ1) is 8.24. The van der Waals surface area contributed by atoms with Crippen LogP contribution in [0.15, 0.2) is 18.2 Å². The highest BCUT2D eigenvalue weighted by Gasteiger charge is 2.47. The van der Waals surface area contributed by atoms with Gasteiger partial charge < -0.3 is 5.11 Å². The van der Waals surface area contributed by atoms with Crippen LogP contribution in [0.25, 0.3) is 0 Å². The number of halogens is 4. The van der Waals surface area contributed by atoms with Crippen molar-refractivity contribution >= 4 is 17.6 Å². The zero-order valence-electron chi connectivity index (χ0n) is 9.22. The van der Waals surface area contributed by atoms with Crippen molar-refractivity contribution in [3.8, 4) is 0 Å². The van der Waals surface area contributed by atoms with Crippen molar-refractivity contribution in [3.63, 3.8) is 0 Å². The summed E-state index contributed by atoms with van der Waals surface area (Å²) < 4.78 is 37.4. The fourth-order valence-corrected chi connectivity index (χ4v) is 2.48. The largest absolute Gasteiger partial charge is 0.481 e. The first-order valence-electron chi connectivity index (χ1n) is 5.34. The van der Waals surface area contributed by atoms with E-state index in [1.807, 2.05) is 0 Å². The van der Waals surface area contributed by atoms with Crippen LogP contribution in [-0.4, -0.2) is 11.1 Å². The van der Waals surface area contributed by atoms with Crippen molar-refractivity contribution < 1.29 is 23.1 Å². The Morgan fingerprint density at radius 2 is 2.00 bits per heavy atom. The van der Waals surface area contributed by atoms with E-state index >= 15 is 0 Å². The SMILES string of the molecule is O=C(O)CC1(c2ccc(C(F)(F)F)cc2Cl)CC1. The fourth-order valence-electron chi connectivity index (χ4n) is 2.10. The predicted molar refractivity (Wildman–Crippen MR) is 59.6 cm³/mol. The van der Waals surface area contributed by atoms with E-state index in [1.54, 1.807) is 0 Å². The van der Waals surface area contributed by atoms with Crippen LogP contribution in [0.3, 0.4) is 0 Å². The average Bonchev–Trinajstić information content (AvgIpc) is 2.95. The number of carbonyl (C=O) groups is 1. The van der Waals surface area contributed by atoms with Crippen molar-refractivity contribution in [3.05, 3.63) is 34.3 Å². The molecule has 0 heterocycles. The zero-order valence-corrected chi connectivity index (χ0v) is 9.98. The molecule has 6 heteroatoms. The van der Waals surface area contributed by atoms with E-state index in [-0.39, 0.29) is 11.4 Å². The average molecular weight is 279 g/mol. The van der Waals surface area contributed by atoms with Gasteiger partial charge in [-0.1, -0.05) is 17.7 Å². The van der Waals surface area contributed by atoms with Crippen LogP contribution in [0.4, 0.5) is 13.2 Å². The van der Waals surface area contributed by atoms with Gasteiger partial charge in [-0.15, -0.1) is 0 Å². The first kappa shape index (κ1) is 13.2. The van der Waals surface area contributed by atoms with Gasteiger partial charge in [0.1, 0.15) is 0 Å². The molecule has 0 unspecified atom stereocenters. The molecule has 0 aromatic heterocycles. The minimum absolute atomic E-state index is 0.0106. The molecule has 2 nitrogen and oxygen atoms in total. The van der Waals surface area contributed by atoms with Gasteiger partial charge in [-0.05, 0) is 30.5 Å². The summed E-state index contributed by atoms with van der Waals surface area (Å²) >= 11 is 5.85. The highest BCUT2D eigenvalue weighted by molar-refractivity contribution is 6.31. The number of carboxylic acids is 1. The Labute approximate surface area is 106 Å². The summed E-state index contributed by atoms with van der Waals surface area (Å²) in [7, 11) is 0. The first-order valence-corrected chi connectivity index (χ1v) is 5.71. The van der Waals surface area contributed by atoms with Gasteiger partial charge in [-0.25, -0.2) is 0 Å². The third-order valence-electron chi connectivity index (χ3n) is 3.21. The van der Waals surface area contributed by atoms with E-state index in [0.717, 1.165) is 12.1 Å². The lowest BCUT2D eigenvalue weighted by Gasteiger charge is -2.16. The Morgan fingerprint density at radius 3 is 2.39 bits per heavy atom. The molecule has 18 heavy (non-hydrogen) atoms. The molecule has 0 atom stereocenters. The molecule has 1 saturated carbocycles. The molecule has 1 aromatic rings. The van der Waals surface area contributed by atoms with E-state index in [0.29, 0.717) is 18.4 Å². The van der Waals surface area contributed by atoms with E-state index in [2.05, 4.69) is 0 Å². The molecule has 0 spiro atoms. The Morgan fingerprint density at radius 1 is 1.39 bits per heavy atom. The van der Waals surface area contributed by atoms with Gasteiger partial charge >= 0.3 is 12.1 Å². The summed E-state index contributed by atoms with van der Waals surface area (Å²) in [6.45, 7) is 0. The molecule has 1 N–H and O–H groups in total. The van der Waals surface area contributed by atoms with Crippen LogP contribution in [0, 0.1) is 0 Å². The standard InChI is InChI=1S/C12H10ClF3O2/c13-9-5-7(12(14,15)16)1-2-8(9)11(3-4-11)6-10(17)18/h1-2,5H,3-4,6H2,(H,17,18). The predicted octanol–water partition coefficient (Wildman–Crippen LogP) is 3.87. The number of aliphatic carboxylic acids is 1. The monoisotopic (exact) mass is 278 g/mol. The van der Waals surface area contributed by atoms with Crippen molar-refractivity contribution in [2.24, 2.45) is 0 Å². The van der Waals surface area contributed by atoms with Gasteiger partial charge in [-0.3, -0.25) is 4.79 Å². The second-order valence-corrected chi connectivity index (χ2v) is 4.95. The number of rotatable bonds is 3. The van der Waals surface area contributed by atoms with Gasteiger partial charge in [0.15, 0.2) is 0 Å². The molecule has 2 rings (SSSR count). The molecule has 98 valence electrons. The maximum Gasteiger partial charge on any atom is 0.416 e. The molecule has 0 radical (unpaired) electrons. The molecule has 0 saturated heterocycles. The summed E-state index contributed by atoms with van der Waals surface area (Å²) in [5, 5.41) is 8.79. The smallest absolute Gasteiger partial charge is 0.416 e. The van der Waals surface area contributed by atoms with Gasteiger partial charge in [0.2, 0.25) is 0 Å². The quantitative estimate of drug-likeness (QED) is 0.911. The minimum atomic E-state index is -4.44. The van der Waals surface area contributed by atoms with E-state index in [9.17, 15) is 18.0 Å². The van der Waals surface area contributed by atoms with Crippen LogP contribution in [0.2, 0.25) is 5.02 Å². The Balaban J connectivity index is 2.34. The summed E-state index contributed by atoms with van der Waals surface area (Å²) in [5.41, 5.74) is -0.894. The van der Waals surface area contributed by atoms with Crippen LogP contribution >= 0.6 is 11.6 Å². The maximum atomic E-state index is 12.5. The second kappa shape index (κ2) is 4.16. The molecule has 1 fully saturated rings. The number of hydrogen-bond acceptors (Lipinski definition) is 1. The number of alkyl halides is 3. The Kier molecular flexibility index (Phi) is 3.05. The lowest BCUT2D eigenvalue weighted by molar-refractivity contribution is -0.138. The molecule has 1 aliphatic carbocycles. The van der Waals surface area contributed by atoms with Crippen molar-refractivity contribution in [1.82, 2.24) is 0 Å². The van der Waals surface area contributed by atoms with Gasteiger partial charge in [-0.2, -0.15) is 13.2 Å². The van der Waals surface area contributed by atoms with Gasteiger partial charge in [0.25, 0.3) is 0 Å². The molecular weight excluding hydrogens is 269 g/mol. The summed E-state index contributed by atoms with van der Waals surface area (Å²) in [5.74, 6) is -0.969. The minimum Gasteiger partial charge on any atom is -0.481 e. The molecule has 1 aromatic carbocycles. The third kappa shape index (κ3) is 2.46. The second-order valence-electron chi connectivity index (χ2n) is 4.54. The zero-order chi connectivity index (χ0) is 13.6. The molecule has 1 aliphatic rings. The summed E-state index contributed by atoms with van der Waals surface area (Å²) in [6, 6.07) is 3.10. The molecule has 0 aliphatic heterocycles. The highest BCUT2D eigenvalue weighted by atomic mass is 35.5. The van der Waals surface area contributed by atoms with Crippen molar-refractivity contribution in [1.29, 1.82) is 0 Å². The Hall–Kier alpha value is -1.23. The number of benzene rings is 1. The topological polar surface area (TPSA) is 37.3 Å². The maximum absolute atomic E-state index is 12.5. The third-order valence-corrected chi connectivity index (χ3v) is 3.52. The number of hydrogen-bond donors (Lipinski definition) is 1. The Bertz CT molecular complexity index is 493. The molecule has 0 bridgehead atoms. The van der Waals surface area contributed by atoms with E-state index < -0.39 is 23.1 Å². The summed E-state index contributed by atoms with van der Waals surface area (Å²) in [4.78, 5) is 10.7. The van der Waals surface area contributed by atoms with Crippen LogP contribution in [-0.2, 0) is 16.4 Å². The van der Waals surface area contributed by atoms with Gasteiger partial charge in [0, 0.05) is 10.4 Å². The van der Waals surface area contributed by atoms with E-state index in [4.69, 9.17) is 16.7 Å². The number of carboxylic acid groups (broad SMARTS) is 1. The van der Waals surface area contributed by atoms with E-state index in [1.165, 1.54) is 6.07 Å². The van der Waals surface area contributed by atoms with Gasteiger partial charge in [0.05, 0.1) is 12.0 Å². The van der Waals surface area contributed by atoms with Crippen molar-refractivity contribution in [2.75, 3.05) is 0 Å². The van der Waals surface area contributed by atoms with Crippen molar-refractivity contribution in [2.45, 2.75) is 30.9 Å². The fraction of sp³-hybridized carbons (Fsp3) is 0.417. The lowest BCUT2D eigenvalue weighted by atomic mass is 9.91. The molecular formula is C12H10ClF3O2. The van der Waals surface area contributed by atoms with Crippen LogP contribution in [0.1, 0.15) is 30.4 Å². The normalized spacial score (nSPS) is 17.6. The van der Waals surface area contributed by atoms with Crippen LogP contribution < -0.4 is 0 Å².